The molecule has 0 spiro atoms. The number of benzene rings is 5. The lowest BCUT2D eigenvalue weighted by molar-refractivity contribution is 0.0721. The van der Waals surface area contributed by atoms with Gasteiger partial charge in [-0.3, -0.25) is 9.59 Å². The molecule has 0 unspecified atom stereocenters. The zero-order valence-corrected chi connectivity index (χ0v) is 34.1. The van der Waals surface area contributed by atoms with E-state index in [0.717, 1.165) is 16.7 Å². The monoisotopic (exact) mass is 805 g/mol. The van der Waals surface area contributed by atoms with E-state index in [0.29, 0.717) is 100 Å². The first-order valence-electron chi connectivity index (χ1n) is 18.6. The summed E-state index contributed by atoms with van der Waals surface area (Å²) in [4.78, 5) is 28.1. The Bertz CT molecular complexity index is 2320. The lowest BCUT2D eigenvalue weighted by Crippen LogP contribution is -2.37. The molecule has 0 saturated heterocycles. The van der Waals surface area contributed by atoms with E-state index >= 15 is 0 Å². The highest BCUT2D eigenvalue weighted by Gasteiger charge is 2.32. The summed E-state index contributed by atoms with van der Waals surface area (Å²) in [5.74, 6) is 4.09. The number of aromatic hydroxyl groups is 1. The maximum absolute atomic E-state index is 13.5. The quantitative estimate of drug-likeness (QED) is 0.117. The molecule has 13 nitrogen and oxygen atoms in total. The van der Waals surface area contributed by atoms with Gasteiger partial charge in [-0.15, -0.1) is 0 Å². The number of fused-ring (bicyclic) bond motifs is 2. The molecule has 7 rings (SSSR count). The van der Waals surface area contributed by atoms with Crippen LogP contribution in [0.25, 0.3) is 6.08 Å². The van der Waals surface area contributed by atoms with Crippen LogP contribution in [0.3, 0.4) is 0 Å². The number of ketones is 1. The van der Waals surface area contributed by atoms with Gasteiger partial charge in [0, 0.05) is 30.8 Å². The molecule has 0 fully saturated rings. The Labute approximate surface area is 343 Å². The topological polar surface area (TPSA) is 141 Å². The van der Waals surface area contributed by atoms with E-state index in [1.165, 1.54) is 41.6 Å². The Hall–Kier alpha value is -7.02. The van der Waals surface area contributed by atoms with E-state index in [1.54, 1.807) is 49.5 Å². The van der Waals surface area contributed by atoms with Crippen LogP contribution in [-0.4, -0.2) is 84.6 Å². The number of hydrogen-bond acceptors (Lipinski definition) is 12. The minimum Gasteiger partial charge on any atom is -0.504 e. The van der Waals surface area contributed by atoms with E-state index in [4.69, 9.17) is 42.6 Å². The summed E-state index contributed by atoms with van der Waals surface area (Å²) < 4.78 is 49.2. The van der Waals surface area contributed by atoms with Crippen molar-refractivity contribution in [1.29, 1.82) is 0 Å². The minimum absolute atomic E-state index is 0.00347. The van der Waals surface area contributed by atoms with Gasteiger partial charge in [-0.25, -0.2) is 0 Å². The summed E-state index contributed by atoms with van der Waals surface area (Å²) in [5.41, 5.74) is 4.90. The van der Waals surface area contributed by atoms with Crippen LogP contribution >= 0.6 is 0 Å². The normalized spacial score (nSPS) is 13.5. The van der Waals surface area contributed by atoms with Crippen molar-refractivity contribution >= 4 is 17.8 Å². The molecule has 1 N–H and O–H groups in total. The number of carbonyl (C=O) groups excluding carboxylic acids is 2. The van der Waals surface area contributed by atoms with Gasteiger partial charge in [0.1, 0.15) is 36.0 Å². The van der Waals surface area contributed by atoms with Crippen LogP contribution in [0.1, 0.15) is 43.0 Å². The van der Waals surface area contributed by atoms with Crippen LogP contribution in [0.5, 0.6) is 57.5 Å². The average molecular weight is 806 g/mol. The molecule has 1 amide bonds. The van der Waals surface area contributed by atoms with E-state index in [9.17, 15) is 14.7 Å². The Morgan fingerprint density at radius 1 is 0.661 bits per heavy atom. The largest absolute Gasteiger partial charge is 0.504 e. The molecule has 2 aliphatic rings. The number of rotatable bonds is 13. The number of phenolic OH excluding ortho intramolecular Hbond substituents is 1. The molecule has 0 atom stereocenters. The van der Waals surface area contributed by atoms with Gasteiger partial charge >= 0.3 is 0 Å². The number of ether oxygens (including phenoxy) is 9. The fourth-order valence-electron chi connectivity index (χ4n) is 6.86. The molecule has 5 aromatic rings. The third kappa shape index (κ3) is 9.09. The minimum atomic E-state index is -0.184. The van der Waals surface area contributed by atoms with Crippen molar-refractivity contribution in [2.45, 2.75) is 19.6 Å². The van der Waals surface area contributed by atoms with Crippen LogP contribution < -0.4 is 42.6 Å². The highest BCUT2D eigenvalue weighted by molar-refractivity contribution is 6.15. The number of hydrogen-bond donors (Lipinski definition) is 1. The Balaban J connectivity index is 0.000000208. The van der Waals surface area contributed by atoms with E-state index in [-0.39, 0.29) is 24.0 Å². The maximum Gasteiger partial charge on any atom is 0.258 e. The molecule has 308 valence electrons. The summed E-state index contributed by atoms with van der Waals surface area (Å²) in [7, 11) is 10.7. The standard InChI is InChI=1S/C27H29NO6.C19H18O6/c1-30-21-11-10-19(14-22(21)34-17-18-8-6-5-7-9-18)16-28-13-12-20-15-23(31-2)25(32-3)26(33-4)24(20)27(28)29;1-22-13-8-16(24-3)18-17(9-13)25-10-12(19(18)21)6-11-4-5-15(23-2)14(20)7-11/h5-11,14-15H,12-13,16-17H2,1-4H3;4-9,20H,10H2,1-3H3/b;12-6+. The Morgan fingerprint density at radius 2 is 1.37 bits per heavy atom. The third-order valence-corrected chi connectivity index (χ3v) is 9.84. The molecular formula is C46H47NO12. The van der Waals surface area contributed by atoms with Crippen LogP contribution in [0.4, 0.5) is 0 Å². The number of amides is 1. The molecule has 0 aliphatic carbocycles. The Morgan fingerprint density at radius 3 is 2.03 bits per heavy atom. The number of nitrogens with zero attached hydrogens (tertiary/aromatic N) is 1. The first kappa shape index (κ1) is 41.6. The van der Waals surface area contributed by atoms with Crippen molar-refractivity contribution in [3.63, 3.8) is 0 Å². The van der Waals surface area contributed by atoms with Crippen molar-refractivity contribution < 1.29 is 57.3 Å². The van der Waals surface area contributed by atoms with Gasteiger partial charge in [-0.05, 0) is 65.1 Å². The molecule has 5 aromatic carbocycles. The molecule has 13 heteroatoms. The zero-order valence-electron chi connectivity index (χ0n) is 34.1. The highest BCUT2D eigenvalue weighted by atomic mass is 16.5. The lowest BCUT2D eigenvalue weighted by atomic mass is 9.96. The molecule has 0 bridgehead atoms. The van der Waals surface area contributed by atoms with Gasteiger partial charge in [0.05, 0.1) is 55.3 Å². The third-order valence-electron chi connectivity index (χ3n) is 9.84. The van der Waals surface area contributed by atoms with Gasteiger partial charge in [-0.1, -0.05) is 42.5 Å². The van der Waals surface area contributed by atoms with Crippen LogP contribution in [-0.2, 0) is 19.6 Å². The molecule has 2 heterocycles. The van der Waals surface area contributed by atoms with E-state index in [2.05, 4.69) is 0 Å². The maximum atomic E-state index is 13.5. The lowest BCUT2D eigenvalue weighted by Gasteiger charge is -2.31. The Kier molecular flexibility index (Phi) is 13.4. The second-order valence-corrected chi connectivity index (χ2v) is 13.3. The highest BCUT2D eigenvalue weighted by Crippen LogP contribution is 2.44. The second kappa shape index (κ2) is 18.9. The summed E-state index contributed by atoms with van der Waals surface area (Å²) >= 11 is 0. The molecule has 59 heavy (non-hydrogen) atoms. The number of Topliss-reactive ketones (excluding diaryl/α,β-unsaturated/α-hetero) is 1. The molecule has 0 saturated carbocycles. The zero-order chi connectivity index (χ0) is 42.1. The molecule has 0 radical (unpaired) electrons. The second-order valence-electron chi connectivity index (χ2n) is 13.3. The SMILES string of the molecule is COc1cc(OC)c2c(c1)OC/C(=C\c1ccc(OC)c(O)c1)C2=O.COc1ccc(CN2CCc3cc(OC)c(OC)c(OC)c3C2=O)cc1OCc1ccccc1. The predicted octanol–water partition coefficient (Wildman–Crippen LogP) is 7.58. The van der Waals surface area contributed by atoms with Gasteiger partial charge in [0.15, 0.2) is 40.3 Å². The number of phenols is 1. The number of carbonyl (C=O) groups is 2. The molecule has 0 aromatic heterocycles. The summed E-state index contributed by atoms with van der Waals surface area (Å²) in [6.45, 7) is 1.56. The first-order chi connectivity index (χ1) is 28.7. The smallest absolute Gasteiger partial charge is 0.258 e. The van der Waals surface area contributed by atoms with Gasteiger partial charge < -0.3 is 52.6 Å². The van der Waals surface area contributed by atoms with E-state index in [1.807, 2.05) is 54.6 Å². The van der Waals surface area contributed by atoms with Gasteiger partial charge in [0.25, 0.3) is 5.91 Å². The van der Waals surface area contributed by atoms with Crippen molar-refractivity contribution in [3.8, 4) is 57.5 Å². The average Bonchev–Trinajstić information content (AvgIpc) is 3.27. The van der Waals surface area contributed by atoms with Crippen LogP contribution in [0, 0.1) is 0 Å². The fraction of sp³-hybridized carbons (Fsp3) is 0.261. The van der Waals surface area contributed by atoms with Gasteiger partial charge in [0.2, 0.25) is 5.75 Å². The van der Waals surface area contributed by atoms with E-state index < -0.39 is 0 Å². The molecule has 2 aliphatic heterocycles. The summed E-state index contributed by atoms with van der Waals surface area (Å²) in [6.07, 6.45) is 2.36. The van der Waals surface area contributed by atoms with Crippen LogP contribution in [0.15, 0.2) is 90.5 Å². The predicted molar refractivity (Wildman–Crippen MR) is 220 cm³/mol. The van der Waals surface area contributed by atoms with Crippen molar-refractivity contribution in [3.05, 3.63) is 124 Å². The van der Waals surface area contributed by atoms with Crippen LogP contribution in [0.2, 0.25) is 0 Å². The molecular weight excluding hydrogens is 759 g/mol. The van der Waals surface area contributed by atoms with Crippen molar-refractivity contribution in [2.75, 3.05) is 62.9 Å². The van der Waals surface area contributed by atoms with Gasteiger partial charge in [-0.2, -0.15) is 0 Å². The van der Waals surface area contributed by atoms with Crippen molar-refractivity contribution in [1.82, 2.24) is 4.90 Å². The first-order valence-corrected chi connectivity index (χ1v) is 18.6. The summed E-state index contributed by atoms with van der Waals surface area (Å²) in [6, 6.07) is 25.8. The summed E-state index contributed by atoms with van der Waals surface area (Å²) in [5, 5.41) is 9.88. The number of methoxy groups -OCH3 is 7. The fourth-order valence-corrected chi connectivity index (χ4v) is 6.86. The van der Waals surface area contributed by atoms with Crippen molar-refractivity contribution in [2.24, 2.45) is 0 Å².